The molecule has 0 amide bonds. The quantitative estimate of drug-likeness (QED) is 0.226. The van der Waals surface area contributed by atoms with E-state index in [1.54, 1.807) is 7.11 Å². The van der Waals surface area contributed by atoms with Gasteiger partial charge in [-0.15, -0.1) is 11.8 Å². The van der Waals surface area contributed by atoms with E-state index in [0.29, 0.717) is 12.1 Å². The van der Waals surface area contributed by atoms with Crippen LogP contribution in [-0.2, 0) is 4.74 Å². The third-order valence-electron chi connectivity index (χ3n) is 12.3. The highest BCUT2D eigenvalue weighted by atomic mass is 32.2. The zero-order chi connectivity index (χ0) is 39.8. The smallest absolute Gasteiger partial charge is 0.0618 e. The van der Waals surface area contributed by atoms with Crippen LogP contribution in [0.25, 0.3) is 0 Å². The molecule has 5 heterocycles. The Balaban J connectivity index is -0.000000141. The second kappa shape index (κ2) is 42.0. The summed E-state index contributed by atoms with van der Waals surface area (Å²) < 4.78 is 5.16. The Kier molecular flexibility index (Phi) is 50.4. The van der Waals surface area contributed by atoms with Crippen molar-refractivity contribution in [2.45, 2.75) is 253 Å². The monoisotopic (exact) mass is 865 g/mol. The third-order valence-corrected chi connectivity index (χ3v) is 13.3. The van der Waals surface area contributed by atoms with E-state index in [1.807, 2.05) is 11.8 Å². The van der Waals surface area contributed by atoms with Crippen LogP contribution in [0.2, 0.25) is 0 Å². The molecule has 6 rings (SSSR count). The fraction of sp³-hybridized carbons (Fsp3) is 1.00. The molecule has 0 spiro atoms. The Bertz CT molecular complexity index is 795. The lowest BCUT2D eigenvalue weighted by Gasteiger charge is -2.34. The molecule has 0 aromatic carbocycles. The van der Waals surface area contributed by atoms with Crippen LogP contribution in [0.1, 0.15) is 205 Å². The number of thioether (sulfide) groups is 1. The van der Waals surface area contributed by atoms with Crippen molar-refractivity contribution in [1.29, 1.82) is 0 Å². The van der Waals surface area contributed by atoms with Crippen molar-refractivity contribution >= 4 is 11.8 Å². The van der Waals surface area contributed by atoms with Gasteiger partial charge in [-0.2, -0.15) is 0 Å². The molecule has 6 fully saturated rings. The molecule has 7 nitrogen and oxygen atoms in total. The zero-order valence-corrected chi connectivity index (χ0v) is 39.2. The molecule has 59 heavy (non-hydrogen) atoms. The van der Waals surface area contributed by atoms with Gasteiger partial charge in [0.25, 0.3) is 0 Å². The van der Waals surface area contributed by atoms with Crippen LogP contribution in [0.4, 0.5) is 0 Å². The van der Waals surface area contributed by atoms with Crippen LogP contribution in [0.5, 0.6) is 0 Å². The van der Waals surface area contributed by atoms with E-state index in [-0.39, 0.29) is 44.6 Å². The topological polar surface area (TPSA) is 28.7 Å². The Morgan fingerprint density at radius 2 is 0.881 bits per heavy atom. The number of methoxy groups -OCH3 is 1. The van der Waals surface area contributed by atoms with Crippen LogP contribution >= 0.6 is 11.8 Å². The van der Waals surface area contributed by atoms with Gasteiger partial charge in [-0.1, -0.05) is 63.8 Å². The first kappa shape index (κ1) is 70.7. The molecule has 5 aliphatic heterocycles. The number of nitrogens with zero attached hydrogens (tertiary/aromatic N) is 6. The highest BCUT2D eigenvalue weighted by Crippen LogP contribution is 2.23. The van der Waals surface area contributed by atoms with Crippen molar-refractivity contribution in [3.63, 3.8) is 0 Å². The molecule has 0 aromatic heterocycles. The fourth-order valence-corrected chi connectivity index (χ4v) is 9.18. The maximum absolute atomic E-state index is 5.16. The lowest BCUT2D eigenvalue weighted by Crippen LogP contribution is -2.41. The highest BCUT2D eigenvalue weighted by Gasteiger charge is 2.26. The summed E-state index contributed by atoms with van der Waals surface area (Å²) in [6, 6.07) is 6.06. The van der Waals surface area contributed by atoms with Crippen molar-refractivity contribution in [3.05, 3.63) is 0 Å². The summed E-state index contributed by atoms with van der Waals surface area (Å²) in [5.41, 5.74) is 0. The third kappa shape index (κ3) is 31.5. The van der Waals surface area contributed by atoms with E-state index in [9.17, 15) is 0 Å². The average Bonchev–Trinajstić information content (AvgIpc) is 3.93. The summed E-state index contributed by atoms with van der Waals surface area (Å²) in [6.45, 7) is 38.6. The largest absolute Gasteiger partial charge is 0.383 e. The van der Waals surface area contributed by atoms with Gasteiger partial charge in [0.05, 0.1) is 6.61 Å². The van der Waals surface area contributed by atoms with Crippen molar-refractivity contribution in [2.24, 2.45) is 0 Å². The summed E-state index contributed by atoms with van der Waals surface area (Å²) in [6.07, 6.45) is 16.9. The Hall–Kier alpha value is 0.0700. The molecule has 0 bridgehead atoms. The number of hydrogen-bond acceptors (Lipinski definition) is 8. The zero-order valence-electron chi connectivity index (χ0n) is 38.4. The van der Waals surface area contributed by atoms with Crippen LogP contribution in [0.3, 0.4) is 0 Å². The van der Waals surface area contributed by atoms with Gasteiger partial charge in [-0.25, -0.2) is 0 Å². The molecule has 1 atom stereocenters. The second-order valence-electron chi connectivity index (χ2n) is 18.2. The van der Waals surface area contributed by atoms with E-state index in [2.05, 4.69) is 120 Å². The maximum atomic E-state index is 5.16. The molecular formula is C51H120N6OS. The first-order valence-corrected chi connectivity index (χ1v) is 23.8. The number of likely N-dealkylation sites (tertiary alicyclic amines) is 4. The molecule has 366 valence electrons. The Morgan fingerprint density at radius 3 is 1.15 bits per heavy atom. The molecule has 8 heteroatoms. The molecule has 5 saturated heterocycles. The number of hydrogen-bond donors (Lipinski definition) is 0. The van der Waals surface area contributed by atoms with Crippen molar-refractivity contribution < 1.29 is 4.74 Å². The molecule has 0 N–H and O–H groups in total. The normalized spacial score (nSPS) is 21.0. The van der Waals surface area contributed by atoms with Gasteiger partial charge in [0.1, 0.15) is 0 Å². The number of rotatable bonds is 9. The standard InChI is InChI=1S/C9H19NO.C9H19N.C8H17N.C7H15N.C6H13NS.C6H13N.6CH4/c1-8(2)10-6-4-5-9(10)7-11-3;1-8(2)10(3)9-6-4-5-7-9;1-8(2)9-6-4-3-5-7-9;1-7(2)8-5-3-4-6-8;1-6(2)7-3-4-8-5-7;1-6(2)7-4-3-5-7;;;;;;/h8-9H,4-7H2,1-3H3;8-9H,4-7H2,1-3H3;8H,3-7H2,1-2H3;7H,3-6H2,1-2H3;6H,3-5H2,1-2H3;6H,3-5H2,1-2H3;6*1H4. The first-order valence-electron chi connectivity index (χ1n) is 22.7. The van der Waals surface area contributed by atoms with Gasteiger partial charge >= 0.3 is 0 Å². The molecule has 0 radical (unpaired) electrons. The summed E-state index contributed by atoms with van der Waals surface area (Å²) in [7, 11) is 4.04. The van der Waals surface area contributed by atoms with Crippen LogP contribution in [-0.4, -0.2) is 162 Å². The van der Waals surface area contributed by atoms with Gasteiger partial charge in [0, 0.05) is 73.6 Å². The Labute approximate surface area is 382 Å². The predicted molar refractivity (Wildman–Crippen MR) is 279 cm³/mol. The van der Waals surface area contributed by atoms with E-state index < -0.39 is 0 Å². The number of piperidine rings is 1. The predicted octanol–water partition coefficient (Wildman–Crippen LogP) is 13.5. The lowest BCUT2D eigenvalue weighted by molar-refractivity contribution is 0.0984. The lowest BCUT2D eigenvalue weighted by atomic mass is 10.1. The number of ether oxygens (including phenoxy) is 1. The van der Waals surface area contributed by atoms with Crippen LogP contribution < -0.4 is 0 Å². The molecule has 0 aromatic rings. The van der Waals surface area contributed by atoms with E-state index >= 15 is 0 Å². The SMILES string of the molecule is C.C.C.C.C.C.CC(C)N(C)C1CCCC1.CC(C)N1CCC1.CC(C)N1CCCC1.CC(C)N1CCCCC1.CC(C)N1CCSC1.COCC1CCCN1C(C)C. The van der Waals surface area contributed by atoms with Crippen molar-refractivity contribution in [2.75, 3.05) is 84.8 Å². The Morgan fingerprint density at radius 1 is 0.475 bits per heavy atom. The minimum atomic E-state index is 0. The van der Waals surface area contributed by atoms with Crippen molar-refractivity contribution in [1.82, 2.24) is 29.4 Å². The van der Waals surface area contributed by atoms with Gasteiger partial charge in [-0.3, -0.25) is 9.80 Å². The molecule has 1 saturated carbocycles. The minimum absolute atomic E-state index is 0. The summed E-state index contributed by atoms with van der Waals surface area (Å²) in [5.74, 6) is 2.58. The first-order chi connectivity index (χ1) is 25.2. The van der Waals surface area contributed by atoms with Gasteiger partial charge in [-0.05, 0) is 194 Å². The fourth-order valence-electron chi connectivity index (χ4n) is 8.03. The van der Waals surface area contributed by atoms with E-state index in [0.717, 1.165) is 42.9 Å². The molecule has 1 aliphatic carbocycles. The van der Waals surface area contributed by atoms with E-state index in [4.69, 9.17) is 4.74 Å². The summed E-state index contributed by atoms with van der Waals surface area (Å²) >= 11 is 2.04. The van der Waals surface area contributed by atoms with Gasteiger partial charge in [0.2, 0.25) is 0 Å². The highest BCUT2D eigenvalue weighted by molar-refractivity contribution is 7.99. The average molecular weight is 866 g/mol. The minimum Gasteiger partial charge on any atom is -0.383 e. The summed E-state index contributed by atoms with van der Waals surface area (Å²) in [4.78, 5) is 15.1. The van der Waals surface area contributed by atoms with Gasteiger partial charge in [0.15, 0.2) is 0 Å². The molecular weight excluding hydrogens is 745 g/mol. The van der Waals surface area contributed by atoms with E-state index in [1.165, 1.54) is 141 Å². The maximum Gasteiger partial charge on any atom is 0.0618 e. The molecule has 1 unspecified atom stereocenters. The van der Waals surface area contributed by atoms with Gasteiger partial charge < -0.3 is 24.3 Å². The molecule has 6 aliphatic rings. The van der Waals surface area contributed by atoms with Crippen LogP contribution in [0, 0.1) is 0 Å². The second-order valence-corrected chi connectivity index (χ2v) is 19.3. The van der Waals surface area contributed by atoms with Crippen LogP contribution in [0.15, 0.2) is 0 Å². The summed E-state index contributed by atoms with van der Waals surface area (Å²) in [5, 5.41) is 0. The van der Waals surface area contributed by atoms with Crippen molar-refractivity contribution in [3.8, 4) is 0 Å².